The molecule has 0 unspecified atom stereocenters. The first-order valence-corrected chi connectivity index (χ1v) is 6.18. The summed E-state index contributed by atoms with van der Waals surface area (Å²) in [5.74, 6) is 1.52. The van der Waals surface area contributed by atoms with Gasteiger partial charge in [-0.1, -0.05) is 13.0 Å². The maximum atomic E-state index is 5.66. The Morgan fingerprint density at radius 2 is 1.44 bits per heavy atom. The third kappa shape index (κ3) is 4.94. The molecule has 0 aliphatic rings. The van der Waals surface area contributed by atoms with Gasteiger partial charge in [-0.2, -0.15) is 0 Å². The first-order valence-electron chi connectivity index (χ1n) is 6.18. The molecule has 1 rings (SSSR count). The standard InChI is InChI=1S/C14H22O4/c1-4-12-5-6-13(17-9-7-15-2)14(11-12)18-10-8-16-3/h5-6,11H,4,7-10H2,1-3H3. The molecule has 0 fully saturated rings. The zero-order valence-corrected chi connectivity index (χ0v) is 11.4. The third-order valence-electron chi connectivity index (χ3n) is 2.51. The van der Waals surface area contributed by atoms with E-state index in [0.717, 1.165) is 17.9 Å². The van der Waals surface area contributed by atoms with Crippen LogP contribution in [0.4, 0.5) is 0 Å². The minimum absolute atomic E-state index is 0.516. The SMILES string of the molecule is CCc1ccc(OCCOC)c(OCCOC)c1. The van der Waals surface area contributed by atoms with Crippen LogP contribution in [-0.2, 0) is 15.9 Å². The summed E-state index contributed by atoms with van der Waals surface area (Å²) in [4.78, 5) is 0. The van der Waals surface area contributed by atoms with Crippen LogP contribution in [-0.4, -0.2) is 40.6 Å². The van der Waals surface area contributed by atoms with E-state index in [1.165, 1.54) is 5.56 Å². The van der Waals surface area contributed by atoms with Crippen molar-refractivity contribution in [3.63, 3.8) is 0 Å². The van der Waals surface area contributed by atoms with Crippen molar-refractivity contribution < 1.29 is 18.9 Å². The molecule has 0 amide bonds. The van der Waals surface area contributed by atoms with Crippen LogP contribution in [0.25, 0.3) is 0 Å². The van der Waals surface area contributed by atoms with Gasteiger partial charge in [0, 0.05) is 14.2 Å². The van der Waals surface area contributed by atoms with Crippen molar-refractivity contribution in [3.8, 4) is 11.5 Å². The first kappa shape index (κ1) is 14.8. The molecular formula is C14H22O4. The van der Waals surface area contributed by atoms with Gasteiger partial charge in [-0.05, 0) is 24.1 Å². The molecule has 1 aromatic rings. The Balaban J connectivity index is 2.66. The lowest BCUT2D eigenvalue weighted by Gasteiger charge is -2.13. The Bertz CT molecular complexity index is 339. The number of hydrogen-bond acceptors (Lipinski definition) is 4. The van der Waals surface area contributed by atoms with E-state index in [1.807, 2.05) is 18.2 Å². The minimum atomic E-state index is 0.516. The van der Waals surface area contributed by atoms with Gasteiger partial charge in [0.1, 0.15) is 13.2 Å². The summed E-state index contributed by atoms with van der Waals surface area (Å²) in [5, 5.41) is 0. The maximum absolute atomic E-state index is 5.66. The highest BCUT2D eigenvalue weighted by Crippen LogP contribution is 2.28. The molecule has 4 nitrogen and oxygen atoms in total. The van der Waals surface area contributed by atoms with E-state index in [9.17, 15) is 0 Å². The van der Waals surface area contributed by atoms with Crippen LogP contribution >= 0.6 is 0 Å². The second kappa shape index (κ2) is 8.78. The lowest BCUT2D eigenvalue weighted by molar-refractivity contribution is 0.132. The monoisotopic (exact) mass is 254 g/mol. The van der Waals surface area contributed by atoms with Crippen molar-refractivity contribution in [3.05, 3.63) is 23.8 Å². The predicted octanol–water partition coefficient (Wildman–Crippen LogP) is 2.30. The van der Waals surface area contributed by atoms with Gasteiger partial charge in [-0.25, -0.2) is 0 Å². The van der Waals surface area contributed by atoms with Gasteiger partial charge in [0.2, 0.25) is 0 Å². The van der Waals surface area contributed by atoms with Gasteiger partial charge in [0.15, 0.2) is 11.5 Å². The molecule has 0 aliphatic carbocycles. The summed E-state index contributed by atoms with van der Waals surface area (Å²) in [6, 6.07) is 6.00. The number of aryl methyl sites for hydroxylation is 1. The topological polar surface area (TPSA) is 36.9 Å². The second-order valence-electron chi connectivity index (χ2n) is 3.82. The fraction of sp³-hybridized carbons (Fsp3) is 0.571. The van der Waals surface area contributed by atoms with Gasteiger partial charge in [-0.15, -0.1) is 0 Å². The molecule has 0 bridgehead atoms. The number of methoxy groups -OCH3 is 2. The smallest absolute Gasteiger partial charge is 0.161 e. The number of ether oxygens (including phenoxy) is 4. The highest BCUT2D eigenvalue weighted by molar-refractivity contribution is 5.43. The van der Waals surface area contributed by atoms with E-state index >= 15 is 0 Å². The van der Waals surface area contributed by atoms with Crippen molar-refractivity contribution >= 4 is 0 Å². The van der Waals surface area contributed by atoms with E-state index in [4.69, 9.17) is 18.9 Å². The molecule has 0 saturated heterocycles. The van der Waals surface area contributed by atoms with Crippen LogP contribution in [0.15, 0.2) is 18.2 Å². The van der Waals surface area contributed by atoms with Crippen molar-refractivity contribution in [2.75, 3.05) is 40.6 Å². The molecule has 102 valence electrons. The van der Waals surface area contributed by atoms with E-state index in [2.05, 4.69) is 6.92 Å². The van der Waals surface area contributed by atoms with E-state index in [1.54, 1.807) is 14.2 Å². The average Bonchev–Trinajstić information content (AvgIpc) is 2.40. The molecule has 0 aromatic heterocycles. The van der Waals surface area contributed by atoms with Crippen LogP contribution in [0.3, 0.4) is 0 Å². The van der Waals surface area contributed by atoms with Crippen LogP contribution in [0.2, 0.25) is 0 Å². The Morgan fingerprint density at radius 1 is 0.833 bits per heavy atom. The Kier molecular flexibility index (Phi) is 7.22. The summed E-state index contributed by atoms with van der Waals surface area (Å²) in [6.45, 7) is 4.27. The summed E-state index contributed by atoms with van der Waals surface area (Å²) in [7, 11) is 3.31. The van der Waals surface area contributed by atoms with Gasteiger partial charge in [0.25, 0.3) is 0 Å². The normalized spacial score (nSPS) is 10.4. The molecule has 0 radical (unpaired) electrons. The van der Waals surface area contributed by atoms with Crippen LogP contribution in [0.1, 0.15) is 12.5 Å². The first-order chi connectivity index (χ1) is 8.81. The van der Waals surface area contributed by atoms with Gasteiger partial charge < -0.3 is 18.9 Å². The van der Waals surface area contributed by atoms with Crippen LogP contribution < -0.4 is 9.47 Å². The van der Waals surface area contributed by atoms with Crippen LogP contribution in [0, 0.1) is 0 Å². The zero-order chi connectivity index (χ0) is 13.2. The molecule has 0 saturated carbocycles. The lowest BCUT2D eigenvalue weighted by Crippen LogP contribution is -2.08. The van der Waals surface area contributed by atoms with Crippen LogP contribution in [0.5, 0.6) is 11.5 Å². The molecule has 0 atom stereocenters. The number of rotatable bonds is 9. The Labute approximate surface area is 109 Å². The molecule has 18 heavy (non-hydrogen) atoms. The van der Waals surface area contributed by atoms with Crippen molar-refractivity contribution in [2.24, 2.45) is 0 Å². The average molecular weight is 254 g/mol. The second-order valence-corrected chi connectivity index (χ2v) is 3.82. The predicted molar refractivity (Wildman–Crippen MR) is 70.6 cm³/mol. The molecule has 0 spiro atoms. The zero-order valence-electron chi connectivity index (χ0n) is 11.4. The molecule has 0 aliphatic heterocycles. The fourth-order valence-corrected chi connectivity index (χ4v) is 1.47. The van der Waals surface area contributed by atoms with E-state index < -0.39 is 0 Å². The highest BCUT2D eigenvalue weighted by atomic mass is 16.5. The molecular weight excluding hydrogens is 232 g/mol. The summed E-state index contributed by atoms with van der Waals surface area (Å²) in [5.41, 5.74) is 1.22. The van der Waals surface area contributed by atoms with E-state index in [0.29, 0.717) is 26.4 Å². The molecule has 4 heteroatoms. The lowest BCUT2D eigenvalue weighted by atomic mass is 10.1. The summed E-state index contributed by atoms with van der Waals surface area (Å²) >= 11 is 0. The quantitative estimate of drug-likeness (QED) is 0.634. The molecule has 1 aromatic carbocycles. The Morgan fingerprint density at radius 3 is 2.00 bits per heavy atom. The minimum Gasteiger partial charge on any atom is -0.487 e. The Hall–Kier alpha value is -1.26. The number of benzene rings is 1. The van der Waals surface area contributed by atoms with Crippen molar-refractivity contribution in [1.82, 2.24) is 0 Å². The van der Waals surface area contributed by atoms with Gasteiger partial charge >= 0.3 is 0 Å². The van der Waals surface area contributed by atoms with Crippen molar-refractivity contribution in [2.45, 2.75) is 13.3 Å². The van der Waals surface area contributed by atoms with Crippen molar-refractivity contribution in [1.29, 1.82) is 0 Å². The van der Waals surface area contributed by atoms with Gasteiger partial charge in [-0.3, -0.25) is 0 Å². The fourth-order valence-electron chi connectivity index (χ4n) is 1.47. The van der Waals surface area contributed by atoms with E-state index in [-0.39, 0.29) is 0 Å². The number of hydrogen-bond donors (Lipinski definition) is 0. The third-order valence-corrected chi connectivity index (χ3v) is 2.51. The molecule has 0 N–H and O–H groups in total. The summed E-state index contributed by atoms with van der Waals surface area (Å²) in [6.07, 6.45) is 0.971. The van der Waals surface area contributed by atoms with Gasteiger partial charge in [0.05, 0.1) is 13.2 Å². The summed E-state index contributed by atoms with van der Waals surface area (Å²) < 4.78 is 21.2. The molecule has 0 heterocycles. The highest BCUT2D eigenvalue weighted by Gasteiger charge is 2.06. The maximum Gasteiger partial charge on any atom is 0.161 e. The largest absolute Gasteiger partial charge is 0.487 e.